The summed E-state index contributed by atoms with van der Waals surface area (Å²) in [6.07, 6.45) is 2.15. The van der Waals surface area contributed by atoms with Crippen molar-refractivity contribution in [2.24, 2.45) is 0 Å². The lowest BCUT2D eigenvalue weighted by Crippen LogP contribution is -2.13. The van der Waals surface area contributed by atoms with Crippen LogP contribution in [0.2, 0.25) is 0 Å². The van der Waals surface area contributed by atoms with Gasteiger partial charge in [0.15, 0.2) is 5.78 Å². The first kappa shape index (κ1) is 18.3. The first-order valence-electron chi connectivity index (χ1n) is 8.17. The molecule has 0 aliphatic heterocycles. The Morgan fingerprint density at radius 3 is 2.21 bits per heavy atom. The Bertz CT molecular complexity index is 693. The number of Topliss-reactive ketones (excluding diaryl/α,β-unsaturated/α-hetero) is 1. The summed E-state index contributed by atoms with van der Waals surface area (Å²) in [5.41, 5.74) is 2.78. The predicted octanol–water partition coefficient (Wildman–Crippen LogP) is 4.96. The predicted molar refractivity (Wildman–Crippen MR) is 101 cm³/mol. The van der Waals surface area contributed by atoms with E-state index in [2.05, 4.69) is 12.2 Å². The van der Waals surface area contributed by atoms with E-state index in [0.29, 0.717) is 0 Å². The highest BCUT2D eigenvalue weighted by molar-refractivity contribution is 8.00. The van der Waals surface area contributed by atoms with E-state index in [1.54, 1.807) is 0 Å². The van der Waals surface area contributed by atoms with E-state index in [1.807, 2.05) is 55.5 Å². The molecule has 24 heavy (non-hydrogen) atoms. The van der Waals surface area contributed by atoms with Crippen molar-refractivity contribution < 1.29 is 9.59 Å². The molecule has 0 aromatic heterocycles. The number of nitrogens with one attached hydrogen (secondary N) is 1. The van der Waals surface area contributed by atoms with Gasteiger partial charge in [-0.3, -0.25) is 9.59 Å². The van der Waals surface area contributed by atoms with Crippen molar-refractivity contribution in [1.82, 2.24) is 0 Å². The summed E-state index contributed by atoms with van der Waals surface area (Å²) in [6, 6.07) is 15.5. The van der Waals surface area contributed by atoms with E-state index in [0.717, 1.165) is 29.0 Å². The van der Waals surface area contributed by atoms with Crippen LogP contribution in [0.25, 0.3) is 0 Å². The molecule has 126 valence electrons. The van der Waals surface area contributed by atoms with Gasteiger partial charge in [-0.05, 0) is 43.2 Å². The van der Waals surface area contributed by atoms with E-state index in [-0.39, 0.29) is 16.9 Å². The Kier molecular flexibility index (Phi) is 6.62. The second-order valence-corrected chi connectivity index (χ2v) is 7.19. The van der Waals surface area contributed by atoms with Crippen molar-refractivity contribution >= 4 is 29.1 Å². The van der Waals surface area contributed by atoms with Crippen molar-refractivity contribution in [3.63, 3.8) is 0 Å². The van der Waals surface area contributed by atoms with Crippen molar-refractivity contribution in [2.75, 3.05) is 5.32 Å². The van der Waals surface area contributed by atoms with E-state index >= 15 is 0 Å². The fourth-order valence-corrected chi connectivity index (χ4v) is 3.38. The normalized spacial score (nSPS) is 11.8. The second kappa shape index (κ2) is 8.69. The third-order valence-electron chi connectivity index (χ3n) is 3.63. The SMILES string of the molecule is CCCc1ccc(C(=O)[C@@H](C)Sc2ccc(NC(C)=O)cc2)cc1. The first-order valence-corrected chi connectivity index (χ1v) is 9.05. The number of hydrogen-bond donors (Lipinski definition) is 1. The molecule has 0 aliphatic carbocycles. The topological polar surface area (TPSA) is 46.2 Å². The van der Waals surface area contributed by atoms with Crippen LogP contribution in [-0.2, 0) is 11.2 Å². The summed E-state index contributed by atoms with van der Waals surface area (Å²) in [6.45, 7) is 5.55. The number of aryl methyl sites for hydroxylation is 1. The summed E-state index contributed by atoms with van der Waals surface area (Å²) in [5.74, 6) is 0.0412. The maximum Gasteiger partial charge on any atom is 0.221 e. The molecule has 2 aromatic rings. The summed E-state index contributed by atoms with van der Waals surface area (Å²) >= 11 is 1.53. The van der Waals surface area contributed by atoms with Crippen LogP contribution in [0.3, 0.4) is 0 Å². The zero-order chi connectivity index (χ0) is 17.5. The average molecular weight is 341 g/mol. The number of benzene rings is 2. The second-order valence-electron chi connectivity index (χ2n) is 5.78. The number of ketones is 1. The lowest BCUT2D eigenvalue weighted by Gasteiger charge is -2.11. The first-order chi connectivity index (χ1) is 11.5. The molecule has 1 amide bonds. The number of carbonyl (C=O) groups excluding carboxylic acids is 2. The molecule has 0 saturated heterocycles. The van der Waals surface area contributed by atoms with Crippen molar-refractivity contribution in [2.45, 2.75) is 43.8 Å². The zero-order valence-corrected chi connectivity index (χ0v) is 15.2. The fourth-order valence-electron chi connectivity index (χ4n) is 2.44. The van der Waals surface area contributed by atoms with Gasteiger partial charge in [-0.15, -0.1) is 11.8 Å². The van der Waals surface area contributed by atoms with Crippen LogP contribution in [0, 0.1) is 0 Å². The molecule has 0 unspecified atom stereocenters. The highest BCUT2D eigenvalue weighted by atomic mass is 32.2. The molecule has 0 fully saturated rings. The van der Waals surface area contributed by atoms with Crippen LogP contribution in [0.5, 0.6) is 0 Å². The molecular weight excluding hydrogens is 318 g/mol. The molecule has 0 aliphatic rings. The van der Waals surface area contributed by atoms with E-state index in [1.165, 1.54) is 24.2 Å². The van der Waals surface area contributed by atoms with Gasteiger partial charge in [-0.25, -0.2) is 0 Å². The fraction of sp³-hybridized carbons (Fsp3) is 0.300. The lowest BCUT2D eigenvalue weighted by atomic mass is 10.0. The molecule has 0 bridgehead atoms. The molecular formula is C20H23NO2S. The average Bonchev–Trinajstić information content (AvgIpc) is 2.56. The monoisotopic (exact) mass is 341 g/mol. The van der Waals surface area contributed by atoms with Gasteiger partial charge in [0.1, 0.15) is 0 Å². The summed E-state index contributed by atoms with van der Waals surface area (Å²) in [7, 11) is 0. The largest absolute Gasteiger partial charge is 0.326 e. The van der Waals surface area contributed by atoms with Crippen LogP contribution < -0.4 is 5.32 Å². The van der Waals surface area contributed by atoms with Gasteiger partial charge in [0.25, 0.3) is 0 Å². The number of thioether (sulfide) groups is 1. The number of hydrogen-bond acceptors (Lipinski definition) is 3. The zero-order valence-electron chi connectivity index (χ0n) is 14.3. The maximum atomic E-state index is 12.6. The molecule has 1 N–H and O–H groups in total. The quantitative estimate of drug-likeness (QED) is 0.572. The Hall–Kier alpha value is -2.07. The van der Waals surface area contributed by atoms with E-state index in [4.69, 9.17) is 0 Å². The highest BCUT2D eigenvalue weighted by Gasteiger charge is 2.16. The smallest absolute Gasteiger partial charge is 0.221 e. The Labute approximate surface area is 147 Å². The number of amides is 1. The summed E-state index contributed by atoms with van der Waals surface area (Å²) in [5, 5.41) is 2.58. The van der Waals surface area contributed by atoms with Crippen LogP contribution in [0.15, 0.2) is 53.4 Å². The summed E-state index contributed by atoms with van der Waals surface area (Å²) < 4.78 is 0. The van der Waals surface area contributed by atoms with Crippen molar-refractivity contribution in [3.05, 3.63) is 59.7 Å². The van der Waals surface area contributed by atoms with Crippen LogP contribution in [0.1, 0.15) is 43.1 Å². The molecule has 0 spiro atoms. The molecule has 0 heterocycles. The number of rotatable bonds is 7. The lowest BCUT2D eigenvalue weighted by molar-refractivity contribution is -0.114. The minimum Gasteiger partial charge on any atom is -0.326 e. The molecule has 3 nitrogen and oxygen atoms in total. The Balaban J connectivity index is 1.99. The Morgan fingerprint density at radius 1 is 1.04 bits per heavy atom. The standard InChI is InChI=1S/C20H23NO2S/c1-4-5-16-6-8-17(9-7-16)20(23)14(2)24-19-12-10-18(11-13-19)21-15(3)22/h6-14H,4-5H2,1-3H3,(H,21,22)/t14-/m1/s1. The van der Waals surface area contributed by atoms with Gasteiger partial charge in [-0.2, -0.15) is 0 Å². The van der Waals surface area contributed by atoms with Crippen molar-refractivity contribution in [1.29, 1.82) is 0 Å². The third kappa shape index (κ3) is 5.24. The van der Waals surface area contributed by atoms with Crippen LogP contribution in [-0.4, -0.2) is 16.9 Å². The summed E-state index contributed by atoms with van der Waals surface area (Å²) in [4.78, 5) is 24.6. The molecule has 0 radical (unpaired) electrons. The third-order valence-corrected chi connectivity index (χ3v) is 4.75. The van der Waals surface area contributed by atoms with Gasteiger partial charge in [0, 0.05) is 23.1 Å². The number of carbonyl (C=O) groups is 2. The van der Waals surface area contributed by atoms with Gasteiger partial charge >= 0.3 is 0 Å². The Morgan fingerprint density at radius 2 is 1.67 bits per heavy atom. The minimum atomic E-state index is -0.159. The molecule has 2 aromatic carbocycles. The molecule has 0 saturated carbocycles. The molecule has 1 atom stereocenters. The van der Waals surface area contributed by atoms with E-state index < -0.39 is 0 Å². The van der Waals surface area contributed by atoms with Crippen molar-refractivity contribution in [3.8, 4) is 0 Å². The van der Waals surface area contributed by atoms with Gasteiger partial charge in [0.05, 0.1) is 5.25 Å². The maximum absolute atomic E-state index is 12.6. The number of anilines is 1. The molecule has 4 heteroatoms. The van der Waals surface area contributed by atoms with Gasteiger partial charge in [0.2, 0.25) is 5.91 Å². The highest BCUT2D eigenvalue weighted by Crippen LogP contribution is 2.27. The molecule has 2 rings (SSSR count). The van der Waals surface area contributed by atoms with Crippen LogP contribution in [0.4, 0.5) is 5.69 Å². The van der Waals surface area contributed by atoms with Crippen LogP contribution >= 0.6 is 11.8 Å². The van der Waals surface area contributed by atoms with Gasteiger partial charge < -0.3 is 5.32 Å². The van der Waals surface area contributed by atoms with E-state index in [9.17, 15) is 9.59 Å². The minimum absolute atomic E-state index is 0.0922. The van der Waals surface area contributed by atoms with Gasteiger partial charge in [-0.1, -0.05) is 37.6 Å².